The van der Waals surface area contributed by atoms with E-state index in [-0.39, 0.29) is 0 Å². The van der Waals surface area contributed by atoms with Gasteiger partial charge in [0.05, 0.1) is 6.33 Å². The van der Waals surface area contributed by atoms with Crippen molar-refractivity contribution in [1.29, 1.82) is 0 Å². The van der Waals surface area contributed by atoms with Crippen LogP contribution in [0.3, 0.4) is 0 Å². The molecule has 3 aromatic heterocycles. The van der Waals surface area contributed by atoms with Crippen molar-refractivity contribution in [3.8, 4) is 0 Å². The standard InChI is InChI=1S/C12H14N8S/c1-3-7-18-9(20-13)6(2)11(19-7)21-12-8-10(15-4-14-8)16-5-17-12/h4-5H,3,13H2,1-2H3,(H,18,19,20)(H,14,15,16,17). The van der Waals surface area contributed by atoms with E-state index in [1.165, 1.54) is 18.1 Å². The Morgan fingerprint density at radius 2 is 2.10 bits per heavy atom. The fraction of sp³-hybridized carbons (Fsp3) is 0.250. The van der Waals surface area contributed by atoms with Crippen molar-refractivity contribution in [1.82, 2.24) is 29.9 Å². The van der Waals surface area contributed by atoms with Crippen LogP contribution in [0.1, 0.15) is 18.3 Å². The zero-order valence-electron chi connectivity index (χ0n) is 11.6. The van der Waals surface area contributed by atoms with Crippen molar-refractivity contribution in [2.45, 2.75) is 30.3 Å². The van der Waals surface area contributed by atoms with Gasteiger partial charge in [-0.2, -0.15) is 0 Å². The van der Waals surface area contributed by atoms with Gasteiger partial charge in [-0.25, -0.2) is 30.8 Å². The molecule has 0 bridgehead atoms. The zero-order valence-corrected chi connectivity index (χ0v) is 12.4. The molecule has 0 amide bonds. The highest BCUT2D eigenvalue weighted by atomic mass is 32.2. The predicted molar refractivity (Wildman–Crippen MR) is 79.8 cm³/mol. The Labute approximate surface area is 125 Å². The molecular weight excluding hydrogens is 288 g/mol. The summed E-state index contributed by atoms with van der Waals surface area (Å²) in [4.78, 5) is 24.5. The van der Waals surface area contributed by atoms with Gasteiger partial charge in [0.25, 0.3) is 0 Å². The lowest BCUT2D eigenvalue weighted by Crippen LogP contribution is -2.13. The number of fused-ring (bicyclic) bond motifs is 1. The van der Waals surface area contributed by atoms with Crippen LogP contribution in [0, 0.1) is 6.92 Å². The zero-order chi connectivity index (χ0) is 14.8. The van der Waals surface area contributed by atoms with Gasteiger partial charge in [-0.15, -0.1) is 0 Å². The molecule has 0 spiro atoms. The summed E-state index contributed by atoms with van der Waals surface area (Å²) in [5.41, 5.74) is 4.92. The first kappa shape index (κ1) is 13.7. The number of hydrazine groups is 1. The maximum Gasteiger partial charge on any atom is 0.181 e. The third kappa shape index (κ3) is 2.52. The van der Waals surface area contributed by atoms with E-state index in [2.05, 4.69) is 35.3 Å². The van der Waals surface area contributed by atoms with Crippen LogP contribution >= 0.6 is 11.8 Å². The highest BCUT2D eigenvalue weighted by molar-refractivity contribution is 7.99. The van der Waals surface area contributed by atoms with Crippen molar-refractivity contribution in [3.05, 3.63) is 24.0 Å². The van der Waals surface area contributed by atoms with Gasteiger partial charge < -0.3 is 10.4 Å². The normalized spacial score (nSPS) is 11.0. The number of aromatic amines is 1. The lowest BCUT2D eigenvalue weighted by Gasteiger charge is -2.10. The second-order valence-electron chi connectivity index (χ2n) is 4.30. The SMILES string of the molecule is CCc1nc(NN)c(C)c(Sc2ncnc3nc[nH]c23)n1. The number of nitrogens with zero attached hydrogens (tertiary/aromatic N) is 5. The first-order chi connectivity index (χ1) is 10.2. The minimum Gasteiger partial charge on any atom is -0.341 e. The van der Waals surface area contributed by atoms with Crippen LogP contribution in [0.5, 0.6) is 0 Å². The van der Waals surface area contributed by atoms with Gasteiger partial charge in [0.1, 0.15) is 33.5 Å². The molecule has 0 atom stereocenters. The van der Waals surface area contributed by atoms with Gasteiger partial charge in [-0.05, 0) is 18.7 Å². The molecule has 0 aliphatic carbocycles. The summed E-state index contributed by atoms with van der Waals surface area (Å²) in [6.07, 6.45) is 3.82. The van der Waals surface area contributed by atoms with Crippen LogP contribution in [-0.4, -0.2) is 29.9 Å². The Morgan fingerprint density at radius 3 is 2.86 bits per heavy atom. The Balaban J connectivity index is 2.07. The number of anilines is 1. The third-order valence-electron chi connectivity index (χ3n) is 2.98. The van der Waals surface area contributed by atoms with E-state index in [0.29, 0.717) is 11.5 Å². The summed E-state index contributed by atoms with van der Waals surface area (Å²) >= 11 is 1.44. The lowest BCUT2D eigenvalue weighted by molar-refractivity contribution is 0.870. The van der Waals surface area contributed by atoms with Crippen molar-refractivity contribution in [2.75, 3.05) is 5.43 Å². The number of nitrogens with one attached hydrogen (secondary N) is 2. The van der Waals surface area contributed by atoms with Crippen LogP contribution in [-0.2, 0) is 6.42 Å². The van der Waals surface area contributed by atoms with E-state index >= 15 is 0 Å². The maximum atomic E-state index is 5.52. The largest absolute Gasteiger partial charge is 0.341 e. The summed E-state index contributed by atoms with van der Waals surface area (Å²) in [5.74, 6) is 6.87. The topological polar surface area (TPSA) is 118 Å². The van der Waals surface area contributed by atoms with Crippen molar-refractivity contribution >= 4 is 28.7 Å². The van der Waals surface area contributed by atoms with Crippen molar-refractivity contribution in [2.24, 2.45) is 5.84 Å². The second kappa shape index (κ2) is 5.62. The van der Waals surface area contributed by atoms with Gasteiger partial charge in [-0.1, -0.05) is 6.92 Å². The fourth-order valence-corrected chi connectivity index (χ4v) is 2.79. The molecule has 21 heavy (non-hydrogen) atoms. The number of nitrogen functional groups attached to an aromatic ring is 1. The summed E-state index contributed by atoms with van der Waals surface area (Å²) < 4.78 is 0. The summed E-state index contributed by atoms with van der Waals surface area (Å²) in [6.45, 7) is 3.92. The van der Waals surface area contributed by atoms with Crippen LogP contribution in [0.15, 0.2) is 22.7 Å². The van der Waals surface area contributed by atoms with E-state index in [1.807, 2.05) is 13.8 Å². The molecule has 0 fully saturated rings. The third-order valence-corrected chi connectivity index (χ3v) is 4.08. The van der Waals surface area contributed by atoms with Gasteiger partial charge in [0, 0.05) is 12.0 Å². The summed E-state index contributed by atoms with van der Waals surface area (Å²) in [6, 6.07) is 0. The van der Waals surface area contributed by atoms with Gasteiger partial charge >= 0.3 is 0 Å². The summed E-state index contributed by atoms with van der Waals surface area (Å²) in [7, 11) is 0. The van der Waals surface area contributed by atoms with E-state index in [0.717, 1.165) is 33.4 Å². The number of nitrogens with two attached hydrogens (primary N) is 1. The van der Waals surface area contributed by atoms with Crippen LogP contribution in [0.4, 0.5) is 5.82 Å². The van der Waals surface area contributed by atoms with Crippen molar-refractivity contribution < 1.29 is 0 Å². The number of H-pyrrole nitrogens is 1. The average Bonchev–Trinajstić information content (AvgIpc) is 2.99. The van der Waals surface area contributed by atoms with Gasteiger partial charge in [-0.3, -0.25) is 0 Å². The molecule has 0 aromatic carbocycles. The Morgan fingerprint density at radius 1 is 1.24 bits per heavy atom. The second-order valence-corrected chi connectivity index (χ2v) is 5.28. The highest BCUT2D eigenvalue weighted by Gasteiger charge is 2.14. The molecule has 8 nitrogen and oxygen atoms in total. The van der Waals surface area contributed by atoms with Gasteiger partial charge in [0.2, 0.25) is 0 Å². The fourth-order valence-electron chi connectivity index (χ4n) is 1.85. The number of hydrogen-bond donors (Lipinski definition) is 3. The molecule has 0 unspecified atom stereocenters. The molecule has 4 N–H and O–H groups in total. The van der Waals surface area contributed by atoms with E-state index in [9.17, 15) is 0 Å². The molecule has 108 valence electrons. The summed E-state index contributed by atoms with van der Waals surface area (Å²) in [5, 5.41) is 1.58. The van der Waals surface area contributed by atoms with Gasteiger partial charge in [0.15, 0.2) is 5.65 Å². The molecule has 0 saturated heterocycles. The first-order valence-electron chi connectivity index (χ1n) is 6.39. The van der Waals surface area contributed by atoms with Crippen LogP contribution < -0.4 is 11.3 Å². The predicted octanol–water partition coefficient (Wildman–Crippen LogP) is 1.45. The number of rotatable bonds is 4. The van der Waals surface area contributed by atoms with Crippen LogP contribution in [0.2, 0.25) is 0 Å². The molecule has 3 heterocycles. The van der Waals surface area contributed by atoms with Crippen molar-refractivity contribution in [3.63, 3.8) is 0 Å². The molecule has 3 rings (SSSR count). The number of aryl methyl sites for hydroxylation is 1. The molecular formula is C12H14N8S. The average molecular weight is 302 g/mol. The quantitative estimate of drug-likeness (QED) is 0.376. The molecule has 3 aromatic rings. The Kier molecular flexibility index (Phi) is 3.67. The maximum absolute atomic E-state index is 5.52. The number of hydrogen-bond acceptors (Lipinski definition) is 8. The minimum atomic E-state index is 0.624. The molecule has 0 aliphatic heterocycles. The van der Waals surface area contributed by atoms with E-state index in [1.54, 1.807) is 6.33 Å². The number of imidazole rings is 1. The molecule has 0 aliphatic rings. The smallest absolute Gasteiger partial charge is 0.181 e. The monoisotopic (exact) mass is 302 g/mol. The number of aromatic nitrogens is 6. The Hall–Kier alpha value is -2.26. The van der Waals surface area contributed by atoms with E-state index < -0.39 is 0 Å². The molecule has 9 heteroatoms. The lowest BCUT2D eigenvalue weighted by atomic mass is 10.3. The molecule has 0 radical (unpaired) electrons. The van der Waals surface area contributed by atoms with Crippen LogP contribution in [0.25, 0.3) is 11.2 Å². The highest BCUT2D eigenvalue weighted by Crippen LogP contribution is 2.32. The molecule has 0 saturated carbocycles. The van der Waals surface area contributed by atoms with E-state index in [4.69, 9.17) is 5.84 Å². The Bertz CT molecular complexity index is 784. The first-order valence-corrected chi connectivity index (χ1v) is 7.20. The minimum absolute atomic E-state index is 0.624.